The van der Waals surface area contributed by atoms with Gasteiger partial charge in [0.2, 0.25) is 0 Å². The maximum absolute atomic E-state index is 5.57. The molecule has 2 atom stereocenters. The van der Waals surface area contributed by atoms with E-state index in [4.69, 9.17) is 12.2 Å². The van der Waals surface area contributed by atoms with Gasteiger partial charge in [-0.3, -0.25) is 4.98 Å². The van der Waals surface area contributed by atoms with E-state index >= 15 is 0 Å². The average molecular weight is 355 g/mol. The Hall–Kier alpha value is -1.88. The predicted octanol–water partition coefficient (Wildman–Crippen LogP) is 4.22. The minimum Gasteiger partial charge on any atom is -0.352 e. The normalized spacial score (nSPS) is 24.1. The fourth-order valence-corrected chi connectivity index (χ4v) is 4.91. The molecule has 1 aliphatic heterocycles. The molecule has 2 aromatic rings. The number of nitrogens with one attached hydrogen (secondary N) is 1. The standard InChI is InChI=1S/C20H26N4S/c1-13-12-16(14(2)24(13)15-8-4-5-9-15)19-18(22-20(25)23(19)3)17-10-6-7-11-21-17/h6-7,10-12,15,18-19H,4-5,8-9H2,1-3H3,(H,22,25). The summed E-state index contributed by atoms with van der Waals surface area (Å²) in [5.41, 5.74) is 5.17. The Morgan fingerprint density at radius 2 is 1.96 bits per heavy atom. The van der Waals surface area contributed by atoms with E-state index in [0.29, 0.717) is 6.04 Å². The molecule has 0 spiro atoms. The molecule has 1 saturated carbocycles. The Labute approximate surface area is 155 Å². The van der Waals surface area contributed by atoms with Crippen molar-refractivity contribution < 1.29 is 0 Å². The van der Waals surface area contributed by atoms with Gasteiger partial charge >= 0.3 is 0 Å². The van der Waals surface area contributed by atoms with Gasteiger partial charge < -0.3 is 14.8 Å². The van der Waals surface area contributed by atoms with Crippen LogP contribution in [0, 0.1) is 13.8 Å². The van der Waals surface area contributed by atoms with Gasteiger partial charge in [0.1, 0.15) is 0 Å². The molecule has 3 heterocycles. The summed E-state index contributed by atoms with van der Waals surface area (Å²) in [6, 6.07) is 9.39. The van der Waals surface area contributed by atoms with E-state index in [1.807, 2.05) is 18.3 Å². The number of rotatable bonds is 3. The van der Waals surface area contributed by atoms with E-state index in [9.17, 15) is 0 Å². The van der Waals surface area contributed by atoms with Gasteiger partial charge in [-0.05, 0) is 62.7 Å². The van der Waals surface area contributed by atoms with Crippen molar-refractivity contribution in [1.29, 1.82) is 0 Å². The fourth-order valence-electron chi connectivity index (χ4n) is 4.67. The van der Waals surface area contributed by atoms with Crippen LogP contribution in [0.25, 0.3) is 0 Å². The molecule has 2 fully saturated rings. The van der Waals surface area contributed by atoms with Crippen molar-refractivity contribution in [2.45, 2.75) is 57.7 Å². The highest BCUT2D eigenvalue weighted by Gasteiger charge is 2.39. The van der Waals surface area contributed by atoms with Gasteiger partial charge in [0, 0.05) is 30.7 Å². The van der Waals surface area contributed by atoms with Crippen LogP contribution in [0.3, 0.4) is 0 Å². The molecule has 1 saturated heterocycles. The number of pyridine rings is 1. The lowest BCUT2D eigenvalue weighted by molar-refractivity contribution is 0.365. The lowest BCUT2D eigenvalue weighted by Gasteiger charge is -2.25. The van der Waals surface area contributed by atoms with E-state index in [0.717, 1.165) is 10.8 Å². The van der Waals surface area contributed by atoms with E-state index in [2.05, 4.69) is 52.8 Å². The Balaban J connectivity index is 1.76. The van der Waals surface area contributed by atoms with Gasteiger partial charge in [0.25, 0.3) is 0 Å². The molecular weight excluding hydrogens is 328 g/mol. The van der Waals surface area contributed by atoms with Crippen molar-refractivity contribution in [3.63, 3.8) is 0 Å². The van der Waals surface area contributed by atoms with Crippen LogP contribution in [-0.4, -0.2) is 26.6 Å². The predicted molar refractivity (Wildman–Crippen MR) is 105 cm³/mol. The van der Waals surface area contributed by atoms with Crippen LogP contribution in [0.4, 0.5) is 0 Å². The molecule has 0 bridgehead atoms. The highest BCUT2D eigenvalue weighted by atomic mass is 32.1. The second-order valence-corrected chi connectivity index (χ2v) is 7.76. The molecule has 2 aromatic heterocycles. The monoisotopic (exact) mass is 354 g/mol. The molecule has 0 radical (unpaired) electrons. The van der Waals surface area contributed by atoms with Crippen molar-refractivity contribution in [3.8, 4) is 0 Å². The van der Waals surface area contributed by atoms with E-state index < -0.39 is 0 Å². The molecule has 1 aliphatic carbocycles. The number of hydrogen-bond donors (Lipinski definition) is 1. The number of hydrogen-bond acceptors (Lipinski definition) is 2. The van der Waals surface area contributed by atoms with Gasteiger partial charge in [-0.2, -0.15) is 0 Å². The maximum atomic E-state index is 5.57. The molecule has 2 aliphatic rings. The topological polar surface area (TPSA) is 33.1 Å². The molecule has 2 unspecified atom stereocenters. The van der Waals surface area contributed by atoms with Crippen molar-refractivity contribution in [1.82, 2.24) is 19.8 Å². The third-order valence-corrected chi connectivity index (χ3v) is 6.28. The van der Waals surface area contributed by atoms with Gasteiger partial charge in [0.15, 0.2) is 5.11 Å². The van der Waals surface area contributed by atoms with Crippen LogP contribution >= 0.6 is 12.2 Å². The minimum absolute atomic E-state index is 0.0937. The fraction of sp³-hybridized carbons (Fsp3) is 0.500. The number of nitrogens with zero attached hydrogens (tertiary/aromatic N) is 3. The molecule has 25 heavy (non-hydrogen) atoms. The van der Waals surface area contributed by atoms with Crippen LogP contribution in [0.5, 0.6) is 0 Å². The third-order valence-electron chi connectivity index (χ3n) is 5.87. The molecule has 4 rings (SSSR count). The number of likely N-dealkylation sites (N-methyl/N-ethyl adjacent to an activating group) is 1. The lowest BCUT2D eigenvalue weighted by Crippen LogP contribution is -2.25. The van der Waals surface area contributed by atoms with Gasteiger partial charge in [-0.15, -0.1) is 0 Å². The van der Waals surface area contributed by atoms with Crippen LogP contribution in [0.1, 0.15) is 66.5 Å². The summed E-state index contributed by atoms with van der Waals surface area (Å²) in [7, 11) is 2.09. The zero-order valence-corrected chi connectivity index (χ0v) is 16.0. The number of thiocarbonyl (C=S) groups is 1. The Bertz CT molecular complexity index is 776. The Kier molecular flexibility index (Phi) is 4.28. The quantitative estimate of drug-likeness (QED) is 0.837. The number of aromatic nitrogens is 2. The van der Waals surface area contributed by atoms with E-state index in [1.54, 1.807) is 0 Å². The zero-order chi connectivity index (χ0) is 17.6. The summed E-state index contributed by atoms with van der Waals surface area (Å²) in [5, 5.41) is 4.28. The molecule has 1 N–H and O–H groups in total. The summed E-state index contributed by atoms with van der Waals surface area (Å²) in [6.07, 6.45) is 7.16. The summed E-state index contributed by atoms with van der Waals surface area (Å²) in [5.74, 6) is 0. The highest BCUT2D eigenvalue weighted by molar-refractivity contribution is 7.80. The largest absolute Gasteiger partial charge is 0.352 e. The summed E-state index contributed by atoms with van der Waals surface area (Å²) in [6.45, 7) is 4.51. The first-order valence-electron chi connectivity index (χ1n) is 9.20. The zero-order valence-electron chi connectivity index (χ0n) is 15.2. The van der Waals surface area contributed by atoms with E-state index in [-0.39, 0.29) is 12.1 Å². The smallest absolute Gasteiger partial charge is 0.169 e. The molecule has 5 heteroatoms. The van der Waals surface area contributed by atoms with Gasteiger partial charge in [0.05, 0.1) is 17.8 Å². The summed E-state index contributed by atoms with van der Waals surface area (Å²) >= 11 is 5.57. The molecule has 132 valence electrons. The number of aryl methyl sites for hydroxylation is 1. The van der Waals surface area contributed by atoms with E-state index in [1.165, 1.54) is 42.6 Å². The van der Waals surface area contributed by atoms with Crippen molar-refractivity contribution in [3.05, 3.63) is 53.1 Å². The molecule has 0 aromatic carbocycles. The van der Waals surface area contributed by atoms with Crippen molar-refractivity contribution in [2.24, 2.45) is 0 Å². The Morgan fingerprint density at radius 1 is 1.20 bits per heavy atom. The van der Waals surface area contributed by atoms with Crippen LogP contribution in [0.2, 0.25) is 0 Å². The second kappa shape index (κ2) is 6.45. The molecule has 0 amide bonds. The van der Waals surface area contributed by atoms with Gasteiger partial charge in [-0.1, -0.05) is 18.9 Å². The van der Waals surface area contributed by atoms with Crippen molar-refractivity contribution in [2.75, 3.05) is 7.05 Å². The summed E-state index contributed by atoms with van der Waals surface area (Å²) < 4.78 is 2.56. The molecular formula is C20H26N4S. The first-order valence-corrected chi connectivity index (χ1v) is 9.61. The van der Waals surface area contributed by atoms with Crippen molar-refractivity contribution >= 4 is 17.3 Å². The summed E-state index contributed by atoms with van der Waals surface area (Å²) in [4.78, 5) is 6.78. The SMILES string of the molecule is Cc1cc(C2C(c3ccccn3)NC(=S)N2C)c(C)n1C1CCCC1. The lowest BCUT2D eigenvalue weighted by atomic mass is 9.97. The maximum Gasteiger partial charge on any atom is 0.169 e. The molecule has 4 nitrogen and oxygen atoms in total. The van der Waals surface area contributed by atoms with Crippen LogP contribution in [-0.2, 0) is 0 Å². The average Bonchev–Trinajstić information content (AvgIpc) is 3.29. The Morgan fingerprint density at radius 3 is 2.64 bits per heavy atom. The third kappa shape index (κ3) is 2.74. The minimum atomic E-state index is 0.0937. The second-order valence-electron chi connectivity index (χ2n) is 7.37. The first-order chi connectivity index (χ1) is 12.1. The van der Waals surface area contributed by atoms with Crippen LogP contribution in [0.15, 0.2) is 30.5 Å². The highest BCUT2D eigenvalue weighted by Crippen LogP contribution is 2.42. The first kappa shape index (κ1) is 16.6. The van der Waals surface area contributed by atoms with Crippen LogP contribution < -0.4 is 5.32 Å². The van der Waals surface area contributed by atoms with Gasteiger partial charge in [-0.25, -0.2) is 0 Å².